The molecule has 3 aromatic carbocycles. The fourth-order valence-corrected chi connectivity index (χ4v) is 5.48. The van der Waals surface area contributed by atoms with Crippen LogP contribution in [0.3, 0.4) is 0 Å². The Bertz CT molecular complexity index is 1870. The number of amides is 2. The van der Waals surface area contributed by atoms with Crippen LogP contribution >= 0.6 is 23.2 Å². The summed E-state index contributed by atoms with van der Waals surface area (Å²) in [5.74, 6) is -0.215. The first-order valence-electron chi connectivity index (χ1n) is 14.5. The number of methoxy groups -OCH3 is 1. The van der Waals surface area contributed by atoms with Crippen LogP contribution in [0.25, 0.3) is 17.1 Å². The number of carbonyl (C=O) groups excluding carboxylic acids is 2. The van der Waals surface area contributed by atoms with E-state index in [1.165, 1.54) is 22.1 Å². The first-order chi connectivity index (χ1) is 22.2. The third kappa shape index (κ3) is 7.67. The van der Waals surface area contributed by atoms with E-state index in [1.807, 2.05) is 60.1 Å². The summed E-state index contributed by atoms with van der Waals surface area (Å²) in [5.41, 5.74) is 5.74. The third-order valence-corrected chi connectivity index (χ3v) is 8.34. The summed E-state index contributed by atoms with van der Waals surface area (Å²) in [5, 5.41) is 3.30. The van der Waals surface area contributed by atoms with Gasteiger partial charge >= 0.3 is 0 Å². The zero-order valence-corrected chi connectivity index (χ0v) is 27.2. The smallest absolute Gasteiger partial charge is 0.296 e. The van der Waals surface area contributed by atoms with Gasteiger partial charge in [-0.2, -0.15) is 4.98 Å². The van der Waals surface area contributed by atoms with Crippen LogP contribution in [0, 0.1) is 0 Å². The highest BCUT2D eigenvalue weighted by molar-refractivity contribution is 6.38. The van der Waals surface area contributed by atoms with Crippen molar-refractivity contribution in [2.45, 2.75) is 19.4 Å². The number of aromatic nitrogens is 3. The molecule has 9 nitrogen and oxygen atoms in total. The Hall–Kier alpha value is -4.86. The highest BCUT2D eigenvalue weighted by Gasteiger charge is 2.20. The molecule has 5 rings (SSSR count). The van der Waals surface area contributed by atoms with E-state index in [9.17, 15) is 9.59 Å². The van der Waals surface area contributed by atoms with E-state index in [0.29, 0.717) is 33.6 Å². The SMILES string of the molecule is COc1nc2c(OCc3c(Cl)ccc(N(C)C(=O)CNC(=O)C=Cc4ccc(CCc5ccncc5)cc4)c3Cl)cccc2n1C. The molecule has 0 aliphatic carbocycles. The Kier molecular flexibility index (Phi) is 10.6. The topological polar surface area (TPSA) is 98.6 Å². The monoisotopic (exact) mass is 657 g/mol. The zero-order valence-electron chi connectivity index (χ0n) is 25.7. The molecule has 0 saturated heterocycles. The van der Waals surface area contributed by atoms with Crippen molar-refractivity contribution in [1.82, 2.24) is 19.9 Å². The molecule has 0 bridgehead atoms. The predicted octanol–water partition coefficient (Wildman–Crippen LogP) is 6.44. The molecule has 0 spiro atoms. The van der Waals surface area contributed by atoms with Gasteiger partial charge in [0.25, 0.3) is 6.01 Å². The highest BCUT2D eigenvalue weighted by atomic mass is 35.5. The molecule has 0 aliphatic rings. The first kappa shape index (κ1) is 32.5. The van der Waals surface area contributed by atoms with Gasteiger partial charge < -0.3 is 19.7 Å². The van der Waals surface area contributed by atoms with Gasteiger partial charge in [-0.15, -0.1) is 0 Å². The Morgan fingerprint density at radius 1 is 0.978 bits per heavy atom. The van der Waals surface area contributed by atoms with Gasteiger partial charge in [0, 0.05) is 43.2 Å². The molecular weight excluding hydrogens is 625 g/mol. The zero-order chi connectivity index (χ0) is 32.6. The van der Waals surface area contributed by atoms with Gasteiger partial charge in [0.05, 0.1) is 29.9 Å². The standard InChI is InChI=1S/C35H33Cl2N5O4/c1-41(32(44)21-39-31(43)16-13-24-9-7-23(8-10-24)11-12-25-17-19-38-20-18-25)28-15-14-27(36)26(33(28)37)22-46-30-6-4-5-29-34(30)40-35(45-3)42(29)2/h4-10,13-20H,11-12,21-22H2,1-3H3,(H,39,43). The number of nitrogens with zero attached hydrogens (tertiary/aromatic N) is 4. The maximum atomic E-state index is 13.0. The molecule has 2 heterocycles. The second-order valence-corrected chi connectivity index (χ2v) is 11.3. The summed E-state index contributed by atoms with van der Waals surface area (Å²) in [4.78, 5) is 35.4. The van der Waals surface area contributed by atoms with E-state index in [0.717, 1.165) is 23.9 Å². The maximum absolute atomic E-state index is 13.0. The lowest BCUT2D eigenvalue weighted by Gasteiger charge is -2.21. The Balaban J connectivity index is 1.16. The second kappa shape index (κ2) is 14.9. The minimum Gasteiger partial charge on any atom is -0.486 e. The molecular formula is C35H33Cl2N5O4. The molecule has 1 N–H and O–H groups in total. The summed E-state index contributed by atoms with van der Waals surface area (Å²) in [6.45, 7) is -0.180. The van der Waals surface area contributed by atoms with E-state index < -0.39 is 0 Å². The van der Waals surface area contributed by atoms with Gasteiger partial charge in [0.1, 0.15) is 17.9 Å². The summed E-state index contributed by atoms with van der Waals surface area (Å²) in [6.07, 6.45) is 8.54. The number of rotatable bonds is 12. The summed E-state index contributed by atoms with van der Waals surface area (Å²) < 4.78 is 13.2. The molecule has 0 aliphatic heterocycles. The lowest BCUT2D eigenvalue weighted by Crippen LogP contribution is -2.37. The number of fused-ring (bicyclic) bond motifs is 1. The fraction of sp³-hybridized carbons (Fsp3) is 0.200. The Morgan fingerprint density at radius 2 is 1.70 bits per heavy atom. The molecule has 0 saturated carbocycles. The van der Waals surface area contributed by atoms with Gasteiger partial charge in [-0.25, -0.2) is 0 Å². The average molecular weight is 659 g/mol. The number of anilines is 1. The summed E-state index contributed by atoms with van der Waals surface area (Å²) >= 11 is 13.2. The molecule has 0 fully saturated rings. The summed E-state index contributed by atoms with van der Waals surface area (Å²) in [7, 11) is 4.99. The van der Waals surface area contributed by atoms with Crippen LogP contribution in [0.15, 0.2) is 85.2 Å². The molecule has 2 amide bonds. The molecule has 2 aromatic heterocycles. The largest absolute Gasteiger partial charge is 0.486 e. The van der Waals surface area contributed by atoms with Gasteiger partial charge in [-0.1, -0.05) is 53.5 Å². The highest BCUT2D eigenvalue weighted by Crippen LogP contribution is 2.35. The molecule has 11 heteroatoms. The van der Waals surface area contributed by atoms with Crippen molar-refractivity contribution in [1.29, 1.82) is 0 Å². The van der Waals surface area contributed by atoms with E-state index in [2.05, 4.69) is 15.3 Å². The van der Waals surface area contributed by atoms with Gasteiger partial charge in [-0.05, 0) is 72.0 Å². The number of carbonyl (C=O) groups is 2. The Morgan fingerprint density at radius 3 is 2.41 bits per heavy atom. The number of benzene rings is 3. The maximum Gasteiger partial charge on any atom is 0.296 e. The number of likely N-dealkylation sites (N-methyl/N-ethyl adjacent to an activating group) is 1. The number of imidazole rings is 1. The van der Waals surface area contributed by atoms with Crippen molar-refractivity contribution in [2.24, 2.45) is 7.05 Å². The number of ether oxygens (including phenoxy) is 2. The van der Waals surface area contributed by atoms with E-state index >= 15 is 0 Å². The van der Waals surface area contributed by atoms with Crippen molar-refractivity contribution < 1.29 is 19.1 Å². The van der Waals surface area contributed by atoms with Gasteiger partial charge in [-0.3, -0.25) is 19.1 Å². The fourth-order valence-electron chi connectivity index (χ4n) is 4.87. The van der Waals surface area contributed by atoms with Crippen molar-refractivity contribution in [3.63, 3.8) is 0 Å². The quantitative estimate of drug-likeness (QED) is 0.155. The number of halogens is 2. The van der Waals surface area contributed by atoms with Crippen LogP contribution in [-0.4, -0.2) is 47.1 Å². The lowest BCUT2D eigenvalue weighted by atomic mass is 10.0. The number of aryl methyl sites for hydroxylation is 3. The van der Waals surface area contributed by atoms with Crippen LogP contribution in [0.5, 0.6) is 11.8 Å². The minimum absolute atomic E-state index is 0.0405. The van der Waals surface area contributed by atoms with E-state index in [1.54, 1.807) is 50.8 Å². The number of nitrogens with one attached hydrogen (secondary N) is 1. The lowest BCUT2D eigenvalue weighted by molar-refractivity contribution is -0.122. The van der Waals surface area contributed by atoms with Crippen LogP contribution < -0.4 is 19.7 Å². The number of hydrogen-bond acceptors (Lipinski definition) is 6. The molecule has 0 atom stereocenters. The predicted molar refractivity (Wildman–Crippen MR) is 182 cm³/mol. The number of pyridine rings is 1. The van der Waals surface area contributed by atoms with Crippen molar-refractivity contribution in [3.8, 4) is 11.8 Å². The first-order valence-corrected chi connectivity index (χ1v) is 15.3. The van der Waals surface area contributed by atoms with Crippen LogP contribution in [0.1, 0.15) is 22.3 Å². The molecule has 46 heavy (non-hydrogen) atoms. The number of hydrogen-bond donors (Lipinski definition) is 1. The van der Waals surface area contributed by atoms with E-state index in [-0.39, 0.29) is 30.0 Å². The van der Waals surface area contributed by atoms with Crippen LogP contribution in [-0.2, 0) is 36.1 Å². The van der Waals surface area contributed by atoms with Gasteiger partial charge in [0.15, 0.2) is 0 Å². The van der Waals surface area contributed by atoms with Crippen LogP contribution in [0.4, 0.5) is 5.69 Å². The van der Waals surface area contributed by atoms with Crippen molar-refractivity contribution in [3.05, 3.63) is 117 Å². The van der Waals surface area contributed by atoms with Crippen molar-refractivity contribution in [2.75, 3.05) is 25.6 Å². The second-order valence-electron chi connectivity index (χ2n) is 10.5. The van der Waals surface area contributed by atoms with Crippen LogP contribution in [0.2, 0.25) is 10.0 Å². The summed E-state index contributed by atoms with van der Waals surface area (Å²) in [6, 6.07) is 21.4. The normalized spacial score (nSPS) is 11.2. The molecule has 5 aromatic rings. The van der Waals surface area contributed by atoms with Gasteiger partial charge in [0.2, 0.25) is 11.8 Å². The van der Waals surface area contributed by atoms with E-state index in [4.69, 9.17) is 32.7 Å². The molecule has 0 radical (unpaired) electrons. The minimum atomic E-state index is -0.389. The Labute approximate surface area is 277 Å². The third-order valence-electron chi connectivity index (χ3n) is 7.56. The number of para-hydroxylation sites is 1. The molecule has 0 unspecified atom stereocenters. The molecule has 236 valence electrons. The van der Waals surface area contributed by atoms with Crippen molar-refractivity contribution >= 4 is 57.8 Å². The average Bonchev–Trinajstić information content (AvgIpc) is 3.41.